The van der Waals surface area contributed by atoms with Gasteiger partial charge >= 0.3 is 9.28 Å². The molecule has 1 unspecified atom stereocenters. The van der Waals surface area contributed by atoms with Gasteiger partial charge in [0.05, 0.1) is 5.60 Å². The molecule has 0 amide bonds. The maximum absolute atomic E-state index is 7.10. The number of hydrogen-bond acceptors (Lipinski definition) is 2. The minimum absolute atomic E-state index is 0.0924. The van der Waals surface area contributed by atoms with Gasteiger partial charge in [0, 0.05) is 6.61 Å². The topological polar surface area (TPSA) is 18.5 Å². The van der Waals surface area contributed by atoms with E-state index in [0.29, 0.717) is 0 Å². The molecule has 0 aromatic carbocycles. The molecule has 0 aliphatic heterocycles. The molecule has 0 aromatic rings. The molecule has 2 aliphatic carbocycles. The predicted octanol–water partition coefficient (Wildman–Crippen LogP) is 7.54. The molecule has 2 nitrogen and oxygen atoms in total. The highest BCUT2D eigenvalue weighted by atomic mass is 28.3. The Balaban J connectivity index is 1.94. The third-order valence-corrected chi connectivity index (χ3v) is 9.72. The van der Waals surface area contributed by atoms with E-state index in [1.807, 2.05) is 0 Å². The van der Waals surface area contributed by atoms with Crippen molar-refractivity contribution < 1.29 is 8.85 Å². The monoisotopic (exact) mass is 396 g/mol. The Morgan fingerprint density at radius 3 is 1.78 bits per heavy atom. The van der Waals surface area contributed by atoms with Gasteiger partial charge in [-0.2, -0.15) is 0 Å². The Morgan fingerprint density at radius 1 is 0.741 bits per heavy atom. The first-order valence-corrected chi connectivity index (χ1v) is 14.3. The van der Waals surface area contributed by atoms with Crippen molar-refractivity contribution in [2.75, 3.05) is 6.61 Å². The largest absolute Gasteiger partial charge is 0.397 e. The summed E-state index contributed by atoms with van der Waals surface area (Å²) in [5.41, 5.74) is 0.0924. The molecule has 2 rings (SSSR count). The summed E-state index contributed by atoms with van der Waals surface area (Å²) in [6, 6.07) is 1.22. The Morgan fingerprint density at radius 2 is 1.26 bits per heavy atom. The van der Waals surface area contributed by atoms with Crippen LogP contribution in [0.3, 0.4) is 0 Å². The molecule has 2 fully saturated rings. The summed E-state index contributed by atoms with van der Waals surface area (Å²) in [6.07, 6.45) is 22.3. The summed E-state index contributed by atoms with van der Waals surface area (Å²) in [5.74, 6) is 1.55. The molecule has 2 aliphatic rings. The van der Waals surface area contributed by atoms with Gasteiger partial charge in [0.2, 0.25) is 0 Å². The van der Waals surface area contributed by atoms with Crippen LogP contribution in [-0.4, -0.2) is 21.5 Å². The van der Waals surface area contributed by atoms with Crippen LogP contribution in [0, 0.1) is 11.8 Å². The van der Waals surface area contributed by atoms with Gasteiger partial charge in [-0.15, -0.1) is 0 Å². The molecule has 2 saturated carbocycles. The van der Waals surface area contributed by atoms with E-state index in [0.717, 1.165) is 18.4 Å². The summed E-state index contributed by atoms with van der Waals surface area (Å²) < 4.78 is 13.4. The maximum atomic E-state index is 7.10. The standard InChI is InChI=1S/C24H48O2Si/c1-4-6-7-8-9-16-21-27(25-5-2)26-24(3,22-17-12-10-13-18-22)23-19-14-11-15-20-23/h22-23,27H,4-21H2,1-3H3. The highest BCUT2D eigenvalue weighted by Gasteiger charge is 2.44. The van der Waals surface area contributed by atoms with Crippen LogP contribution < -0.4 is 0 Å². The van der Waals surface area contributed by atoms with E-state index >= 15 is 0 Å². The van der Waals surface area contributed by atoms with E-state index in [9.17, 15) is 0 Å². The fraction of sp³-hybridized carbons (Fsp3) is 1.00. The summed E-state index contributed by atoms with van der Waals surface area (Å²) in [4.78, 5) is 0. The quantitative estimate of drug-likeness (QED) is 0.236. The Labute approximate surface area is 172 Å². The fourth-order valence-corrected chi connectivity index (χ4v) is 7.91. The van der Waals surface area contributed by atoms with Crippen LogP contribution in [0.2, 0.25) is 6.04 Å². The lowest BCUT2D eigenvalue weighted by Crippen LogP contribution is -2.50. The first-order valence-electron chi connectivity index (χ1n) is 12.5. The molecule has 0 N–H and O–H groups in total. The number of unbranched alkanes of at least 4 members (excludes halogenated alkanes) is 5. The molecular weight excluding hydrogens is 348 g/mol. The van der Waals surface area contributed by atoms with Gasteiger partial charge in [0.15, 0.2) is 0 Å². The Hall–Kier alpha value is 0.137. The van der Waals surface area contributed by atoms with Crippen molar-refractivity contribution in [2.24, 2.45) is 11.8 Å². The molecule has 0 saturated heterocycles. The van der Waals surface area contributed by atoms with E-state index in [2.05, 4.69) is 20.8 Å². The van der Waals surface area contributed by atoms with Crippen LogP contribution in [0.5, 0.6) is 0 Å². The molecular formula is C24H48O2Si. The first-order chi connectivity index (χ1) is 13.2. The normalized spacial score (nSPS) is 21.4. The van der Waals surface area contributed by atoms with Gasteiger partial charge in [0.25, 0.3) is 0 Å². The maximum Gasteiger partial charge on any atom is 0.321 e. The molecule has 0 spiro atoms. The SMILES string of the molecule is CCCCCCCC[SiH](OCC)OC(C)(C1CCCCC1)C1CCCCC1. The zero-order valence-electron chi connectivity index (χ0n) is 18.8. The van der Waals surface area contributed by atoms with Crippen LogP contribution in [0.1, 0.15) is 124 Å². The van der Waals surface area contributed by atoms with Gasteiger partial charge in [0.1, 0.15) is 0 Å². The van der Waals surface area contributed by atoms with Crippen molar-refractivity contribution in [2.45, 2.75) is 135 Å². The zero-order chi connectivity index (χ0) is 19.4. The molecule has 160 valence electrons. The second-order valence-electron chi connectivity index (χ2n) is 9.41. The van der Waals surface area contributed by atoms with Gasteiger partial charge in [-0.05, 0) is 57.4 Å². The third-order valence-electron chi connectivity index (χ3n) is 7.36. The lowest BCUT2D eigenvalue weighted by Gasteiger charge is -2.48. The summed E-state index contributed by atoms with van der Waals surface area (Å²) >= 11 is 0. The van der Waals surface area contributed by atoms with Crippen LogP contribution >= 0.6 is 0 Å². The van der Waals surface area contributed by atoms with Crippen LogP contribution in [0.4, 0.5) is 0 Å². The third kappa shape index (κ3) is 7.82. The van der Waals surface area contributed by atoms with Crippen LogP contribution in [0.15, 0.2) is 0 Å². The molecule has 0 radical (unpaired) electrons. The van der Waals surface area contributed by atoms with Gasteiger partial charge in [-0.25, -0.2) is 0 Å². The minimum Gasteiger partial charge on any atom is -0.397 e. The number of rotatable bonds is 13. The fourth-order valence-electron chi connectivity index (χ4n) is 5.61. The molecule has 27 heavy (non-hydrogen) atoms. The van der Waals surface area contributed by atoms with Crippen molar-refractivity contribution in [3.8, 4) is 0 Å². The van der Waals surface area contributed by atoms with E-state index in [1.165, 1.54) is 109 Å². The summed E-state index contributed by atoms with van der Waals surface area (Å²) in [5, 5.41) is 0. The van der Waals surface area contributed by atoms with Crippen LogP contribution in [0.25, 0.3) is 0 Å². The molecule has 0 aromatic heterocycles. The summed E-state index contributed by atoms with van der Waals surface area (Å²) in [7, 11) is -1.56. The first kappa shape index (κ1) is 23.4. The van der Waals surface area contributed by atoms with E-state index in [4.69, 9.17) is 8.85 Å². The second kappa shape index (κ2) is 13.4. The minimum atomic E-state index is -1.56. The van der Waals surface area contributed by atoms with E-state index in [1.54, 1.807) is 0 Å². The molecule has 0 heterocycles. The van der Waals surface area contributed by atoms with Crippen molar-refractivity contribution in [3.63, 3.8) is 0 Å². The average molecular weight is 397 g/mol. The van der Waals surface area contributed by atoms with E-state index < -0.39 is 9.28 Å². The van der Waals surface area contributed by atoms with Crippen molar-refractivity contribution in [1.82, 2.24) is 0 Å². The summed E-state index contributed by atoms with van der Waals surface area (Å²) in [6.45, 7) is 7.78. The molecule has 0 bridgehead atoms. The van der Waals surface area contributed by atoms with Gasteiger partial charge in [-0.1, -0.05) is 84.0 Å². The average Bonchev–Trinajstić information content (AvgIpc) is 2.72. The highest BCUT2D eigenvalue weighted by Crippen LogP contribution is 2.45. The molecule has 1 atom stereocenters. The van der Waals surface area contributed by atoms with Crippen molar-refractivity contribution >= 4 is 9.28 Å². The molecule has 3 heteroatoms. The zero-order valence-corrected chi connectivity index (χ0v) is 19.9. The van der Waals surface area contributed by atoms with Crippen molar-refractivity contribution in [1.29, 1.82) is 0 Å². The van der Waals surface area contributed by atoms with Gasteiger partial charge in [-0.3, -0.25) is 0 Å². The van der Waals surface area contributed by atoms with Gasteiger partial charge < -0.3 is 8.85 Å². The smallest absolute Gasteiger partial charge is 0.321 e. The van der Waals surface area contributed by atoms with E-state index in [-0.39, 0.29) is 5.60 Å². The Bertz CT molecular complexity index is 343. The lowest BCUT2D eigenvalue weighted by atomic mass is 9.67. The number of hydrogen-bond donors (Lipinski definition) is 0. The van der Waals surface area contributed by atoms with Crippen LogP contribution in [-0.2, 0) is 8.85 Å². The second-order valence-corrected chi connectivity index (χ2v) is 11.4. The predicted molar refractivity (Wildman–Crippen MR) is 120 cm³/mol. The Kier molecular flexibility index (Phi) is 11.6. The van der Waals surface area contributed by atoms with Crippen molar-refractivity contribution in [3.05, 3.63) is 0 Å². The highest BCUT2D eigenvalue weighted by molar-refractivity contribution is 6.44. The lowest BCUT2D eigenvalue weighted by molar-refractivity contribution is -0.0717.